The third-order valence-electron chi connectivity index (χ3n) is 3.91. The van der Waals surface area contributed by atoms with Crippen molar-refractivity contribution in [2.75, 3.05) is 6.54 Å². The lowest BCUT2D eigenvalue weighted by Gasteiger charge is -2.08. The van der Waals surface area contributed by atoms with Crippen molar-refractivity contribution >= 4 is 34.3 Å². The van der Waals surface area contributed by atoms with Crippen LogP contribution in [0.5, 0.6) is 0 Å². The molecule has 0 aliphatic rings. The monoisotopic (exact) mass is 355 g/mol. The molecule has 5 nitrogen and oxygen atoms in total. The van der Waals surface area contributed by atoms with E-state index in [2.05, 4.69) is 15.6 Å². The summed E-state index contributed by atoms with van der Waals surface area (Å²) in [5.41, 5.74) is 2.73. The summed E-state index contributed by atoms with van der Waals surface area (Å²) < 4.78 is 0. The van der Waals surface area contributed by atoms with Gasteiger partial charge in [-0.3, -0.25) is 9.59 Å². The van der Waals surface area contributed by atoms with Crippen LogP contribution in [0.2, 0.25) is 5.02 Å². The molecule has 3 aromatic rings. The molecule has 6 heteroatoms. The van der Waals surface area contributed by atoms with E-state index in [0.29, 0.717) is 11.6 Å². The Hall–Kier alpha value is -2.79. The number of benzene rings is 2. The summed E-state index contributed by atoms with van der Waals surface area (Å²) in [5, 5.41) is 7.00. The third kappa shape index (κ3) is 4.39. The van der Waals surface area contributed by atoms with Gasteiger partial charge in [-0.2, -0.15) is 0 Å². The van der Waals surface area contributed by atoms with Gasteiger partial charge in [-0.15, -0.1) is 0 Å². The first-order valence-electron chi connectivity index (χ1n) is 7.95. The zero-order valence-electron chi connectivity index (χ0n) is 13.5. The van der Waals surface area contributed by atoms with Gasteiger partial charge in [0, 0.05) is 28.7 Å². The topological polar surface area (TPSA) is 74.0 Å². The van der Waals surface area contributed by atoms with Crippen LogP contribution < -0.4 is 10.6 Å². The van der Waals surface area contributed by atoms with Crippen molar-refractivity contribution in [3.63, 3.8) is 0 Å². The van der Waals surface area contributed by atoms with Crippen LogP contribution in [0.15, 0.2) is 54.7 Å². The molecular weight excluding hydrogens is 338 g/mol. The Labute approximate surface area is 150 Å². The molecule has 2 amide bonds. The minimum absolute atomic E-state index is 0.0638. The second kappa shape index (κ2) is 7.85. The summed E-state index contributed by atoms with van der Waals surface area (Å²) in [7, 11) is 0. The molecule has 2 aromatic carbocycles. The zero-order valence-corrected chi connectivity index (χ0v) is 14.3. The van der Waals surface area contributed by atoms with Crippen molar-refractivity contribution in [3.8, 4) is 0 Å². The largest absolute Gasteiger partial charge is 0.361 e. The minimum Gasteiger partial charge on any atom is -0.361 e. The summed E-state index contributed by atoms with van der Waals surface area (Å²) in [6, 6.07) is 15.1. The SMILES string of the molecule is O=C(CNC(=O)Cc1c[nH]c2ccccc12)NCc1ccccc1Cl. The van der Waals surface area contributed by atoms with Gasteiger partial charge in [-0.05, 0) is 23.3 Å². The van der Waals surface area contributed by atoms with Crippen molar-refractivity contribution < 1.29 is 9.59 Å². The first kappa shape index (κ1) is 17.0. The maximum Gasteiger partial charge on any atom is 0.239 e. The molecule has 0 radical (unpaired) electrons. The number of rotatable bonds is 6. The normalized spacial score (nSPS) is 10.6. The van der Waals surface area contributed by atoms with E-state index in [1.165, 1.54) is 0 Å². The minimum atomic E-state index is -0.257. The molecule has 1 heterocycles. The predicted octanol–water partition coefficient (Wildman–Crippen LogP) is 2.80. The number of halogens is 1. The maximum absolute atomic E-state index is 12.1. The molecule has 3 N–H and O–H groups in total. The molecule has 1 aromatic heterocycles. The van der Waals surface area contributed by atoms with Crippen LogP contribution in [-0.2, 0) is 22.6 Å². The molecule has 0 bridgehead atoms. The highest BCUT2D eigenvalue weighted by Gasteiger charge is 2.10. The molecule has 128 valence electrons. The highest BCUT2D eigenvalue weighted by Crippen LogP contribution is 2.18. The van der Waals surface area contributed by atoms with Crippen LogP contribution >= 0.6 is 11.6 Å². The van der Waals surface area contributed by atoms with Gasteiger partial charge in [-0.1, -0.05) is 48.0 Å². The molecule has 0 spiro atoms. The fourth-order valence-corrected chi connectivity index (χ4v) is 2.79. The van der Waals surface area contributed by atoms with E-state index in [-0.39, 0.29) is 24.8 Å². The van der Waals surface area contributed by atoms with E-state index in [9.17, 15) is 9.59 Å². The van der Waals surface area contributed by atoms with Gasteiger partial charge in [0.2, 0.25) is 11.8 Å². The molecule has 0 unspecified atom stereocenters. The molecule has 0 saturated heterocycles. The number of hydrogen-bond acceptors (Lipinski definition) is 2. The Balaban J connectivity index is 1.47. The highest BCUT2D eigenvalue weighted by molar-refractivity contribution is 6.31. The van der Waals surface area contributed by atoms with Gasteiger partial charge < -0.3 is 15.6 Å². The second-order valence-electron chi connectivity index (χ2n) is 5.68. The lowest BCUT2D eigenvalue weighted by atomic mass is 10.1. The van der Waals surface area contributed by atoms with Crippen LogP contribution in [0.25, 0.3) is 10.9 Å². The van der Waals surface area contributed by atoms with Gasteiger partial charge in [0.05, 0.1) is 13.0 Å². The number of hydrogen-bond donors (Lipinski definition) is 3. The number of para-hydroxylation sites is 1. The maximum atomic E-state index is 12.1. The number of H-pyrrole nitrogens is 1. The van der Waals surface area contributed by atoms with Crippen LogP contribution in [0.4, 0.5) is 0 Å². The summed E-state index contributed by atoms with van der Waals surface area (Å²) in [4.78, 5) is 27.1. The van der Waals surface area contributed by atoms with E-state index >= 15 is 0 Å². The standard InChI is InChI=1S/C19H18ClN3O2/c20-16-7-3-1-5-13(16)10-22-19(25)12-23-18(24)9-14-11-21-17-8-4-2-6-15(14)17/h1-8,11,21H,9-10,12H2,(H,22,25)(H,23,24). The predicted molar refractivity (Wildman–Crippen MR) is 98.3 cm³/mol. The Morgan fingerprint density at radius 3 is 2.52 bits per heavy atom. The van der Waals surface area contributed by atoms with Crippen molar-refractivity contribution in [1.29, 1.82) is 0 Å². The fourth-order valence-electron chi connectivity index (χ4n) is 2.59. The molecule has 0 atom stereocenters. The Bertz CT molecular complexity index is 904. The van der Waals surface area contributed by atoms with Crippen molar-refractivity contribution in [2.24, 2.45) is 0 Å². The first-order chi connectivity index (χ1) is 12.1. The van der Waals surface area contributed by atoms with Crippen LogP contribution in [0.1, 0.15) is 11.1 Å². The quantitative estimate of drug-likeness (QED) is 0.636. The molecule has 0 aliphatic carbocycles. The van der Waals surface area contributed by atoms with Gasteiger partial charge in [0.1, 0.15) is 0 Å². The molecule has 0 aliphatic heterocycles. The Morgan fingerprint density at radius 1 is 0.920 bits per heavy atom. The number of carbonyl (C=O) groups is 2. The van der Waals surface area contributed by atoms with Gasteiger partial charge in [0.15, 0.2) is 0 Å². The average Bonchev–Trinajstić information content (AvgIpc) is 3.02. The van der Waals surface area contributed by atoms with Crippen LogP contribution in [0, 0.1) is 0 Å². The molecule has 25 heavy (non-hydrogen) atoms. The molecule has 3 rings (SSSR count). The van der Waals surface area contributed by atoms with Crippen LogP contribution in [-0.4, -0.2) is 23.3 Å². The number of nitrogens with one attached hydrogen (secondary N) is 3. The first-order valence-corrected chi connectivity index (χ1v) is 8.33. The number of amides is 2. The van der Waals surface area contributed by atoms with E-state index < -0.39 is 0 Å². The number of aromatic nitrogens is 1. The summed E-state index contributed by atoms with van der Waals surface area (Å²) in [5.74, 6) is -0.454. The number of fused-ring (bicyclic) bond motifs is 1. The fraction of sp³-hybridized carbons (Fsp3) is 0.158. The molecular formula is C19H18ClN3O2. The molecule has 0 saturated carbocycles. The Morgan fingerprint density at radius 2 is 1.68 bits per heavy atom. The van der Waals surface area contributed by atoms with Crippen LogP contribution in [0.3, 0.4) is 0 Å². The summed E-state index contributed by atoms with van der Waals surface area (Å²) in [6.07, 6.45) is 2.05. The Kier molecular flexibility index (Phi) is 5.36. The summed E-state index contributed by atoms with van der Waals surface area (Å²) in [6.45, 7) is 0.266. The lowest BCUT2D eigenvalue weighted by Crippen LogP contribution is -2.37. The van der Waals surface area contributed by atoms with Crippen molar-refractivity contribution in [1.82, 2.24) is 15.6 Å². The van der Waals surface area contributed by atoms with Crippen molar-refractivity contribution in [3.05, 3.63) is 70.9 Å². The summed E-state index contributed by atoms with van der Waals surface area (Å²) >= 11 is 6.04. The second-order valence-corrected chi connectivity index (χ2v) is 6.09. The van der Waals surface area contributed by atoms with E-state index in [1.54, 1.807) is 6.07 Å². The highest BCUT2D eigenvalue weighted by atomic mass is 35.5. The number of carbonyl (C=O) groups excluding carboxylic acids is 2. The molecule has 0 fully saturated rings. The zero-order chi connectivity index (χ0) is 17.6. The number of aromatic amines is 1. The third-order valence-corrected chi connectivity index (χ3v) is 4.27. The van der Waals surface area contributed by atoms with Crippen molar-refractivity contribution in [2.45, 2.75) is 13.0 Å². The van der Waals surface area contributed by atoms with Gasteiger partial charge >= 0.3 is 0 Å². The average molecular weight is 356 g/mol. The van der Waals surface area contributed by atoms with E-state index in [0.717, 1.165) is 22.0 Å². The van der Waals surface area contributed by atoms with E-state index in [1.807, 2.05) is 48.7 Å². The van der Waals surface area contributed by atoms with Gasteiger partial charge in [-0.25, -0.2) is 0 Å². The van der Waals surface area contributed by atoms with Gasteiger partial charge in [0.25, 0.3) is 0 Å². The lowest BCUT2D eigenvalue weighted by molar-refractivity contribution is -0.125. The smallest absolute Gasteiger partial charge is 0.239 e. The van der Waals surface area contributed by atoms with E-state index in [4.69, 9.17) is 11.6 Å².